The number of rotatable bonds is 1. The number of hydrogen-bond donors (Lipinski definition) is 0. The van der Waals surface area contributed by atoms with Gasteiger partial charge in [-0.1, -0.05) is 0 Å². The second kappa shape index (κ2) is 4.86. The fourth-order valence-corrected chi connectivity index (χ4v) is 4.57. The van der Waals surface area contributed by atoms with Gasteiger partial charge in [-0.25, -0.2) is 0 Å². The van der Waals surface area contributed by atoms with Gasteiger partial charge in [0.2, 0.25) is 0 Å². The predicted molar refractivity (Wildman–Crippen MR) is 81.3 cm³/mol. The van der Waals surface area contributed by atoms with Crippen molar-refractivity contribution in [2.24, 2.45) is 0 Å². The van der Waals surface area contributed by atoms with Gasteiger partial charge < -0.3 is 9.64 Å². The summed E-state index contributed by atoms with van der Waals surface area (Å²) in [4.78, 5) is 8.02. The minimum Gasteiger partial charge on any atom is -0.371 e. The van der Waals surface area contributed by atoms with Crippen molar-refractivity contribution in [3.63, 3.8) is 0 Å². The van der Waals surface area contributed by atoms with Crippen molar-refractivity contribution in [3.8, 4) is 0 Å². The lowest BCUT2D eigenvalue weighted by atomic mass is 9.85. The molecule has 0 atom stereocenters. The van der Waals surface area contributed by atoms with Crippen LogP contribution >= 0.6 is 11.3 Å². The SMILES string of the molecule is c1cc(N2CCC3(CC2)OCCc2ccsc23)ccn1. The van der Waals surface area contributed by atoms with Gasteiger partial charge in [-0.3, -0.25) is 4.98 Å². The summed E-state index contributed by atoms with van der Waals surface area (Å²) in [5.41, 5.74) is 2.78. The van der Waals surface area contributed by atoms with E-state index in [1.165, 1.54) is 16.1 Å². The van der Waals surface area contributed by atoms with Gasteiger partial charge in [0, 0.05) is 36.0 Å². The van der Waals surface area contributed by atoms with E-state index in [9.17, 15) is 0 Å². The Bertz CT molecular complexity index is 588. The maximum absolute atomic E-state index is 6.25. The van der Waals surface area contributed by atoms with Gasteiger partial charge in [-0.2, -0.15) is 0 Å². The Morgan fingerprint density at radius 2 is 1.95 bits per heavy atom. The first-order valence-corrected chi connectivity index (χ1v) is 8.11. The quantitative estimate of drug-likeness (QED) is 0.805. The van der Waals surface area contributed by atoms with Crippen molar-refractivity contribution < 1.29 is 4.74 Å². The van der Waals surface area contributed by atoms with Crippen LogP contribution in [0.3, 0.4) is 0 Å². The van der Waals surface area contributed by atoms with E-state index >= 15 is 0 Å². The number of aromatic nitrogens is 1. The molecule has 1 saturated heterocycles. The molecule has 0 bridgehead atoms. The van der Waals surface area contributed by atoms with E-state index < -0.39 is 0 Å². The number of fused-ring (bicyclic) bond motifs is 2. The smallest absolute Gasteiger partial charge is 0.106 e. The van der Waals surface area contributed by atoms with Gasteiger partial charge in [-0.05, 0) is 48.4 Å². The van der Waals surface area contributed by atoms with Gasteiger partial charge in [0.05, 0.1) is 6.61 Å². The molecule has 2 aliphatic rings. The average Bonchev–Trinajstić information content (AvgIpc) is 2.99. The molecule has 1 fully saturated rings. The van der Waals surface area contributed by atoms with Crippen LogP contribution in [-0.2, 0) is 16.8 Å². The Labute approximate surface area is 123 Å². The highest BCUT2D eigenvalue weighted by Crippen LogP contribution is 2.44. The zero-order valence-electron chi connectivity index (χ0n) is 11.4. The van der Waals surface area contributed by atoms with Gasteiger partial charge in [0.15, 0.2) is 0 Å². The fourth-order valence-electron chi connectivity index (χ4n) is 3.41. The third-order valence-corrected chi connectivity index (χ3v) is 5.65. The van der Waals surface area contributed by atoms with Crippen molar-refractivity contribution in [2.75, 3.05) is 24.6 Å². The first-order chi connectivity index (χ1) is 9.87. The number of nitrogens with zero attached hydrogens (tertiary/aromatic N) is 2. The molecule has 0 aliphatic carbocycles. The summed E-state index contributed by atoms with van der Waals surface area (Å²) in [7, 11) is 0. The van der Waals surface area contributed by atoms with Gasteiger partial charge in [-0.15, -0.1) is 11.3 Å². The summed E-state index contributed by atoms with van der Waals surface area (Å²) >= 11 is 1.87. The van der Waals surface area contributed by atoms with E-state index in [0.29, 0.717) is 0 Å². The zero-order chi connectivity index (χ0) is 13.4. The summed E-state index contributed by atoms with van der Waals surface area (Å²) in [6.45, 7) is 2.99. The molecule has 2 aromatic rings. The molecule has 4 heteroatoms. The molecule has 0 saturated carbocycles. The average molecular weight is 286 g/mol. The van der Waals surface area contributed by atoms with Crippen LogP contribution in [0, 0.1) is 0 Å². The molecular weight excluding hydrogens is 268 g/mol. The van der Waals surface area contributed by atoms with Crippen LogP contribution in [0.5, 0.6) is 0 Å². The lowest BCUT2D eigenvalue weighted by Gasteiger charge is -2.44. The summed E-state index contributed by atoms with van der Waals surface area (Å²) in [5.74, 6) is 0. The number of pyridine rings is 1. The Hall–Kier alpha value is -1.39. The first kappa shape index (κ1) is 12.4. The van der Waals surface area contributed by atoms with Crippen molar-refractivity contribution in [1.29, 1.82) is 0 Å². The maximum Gasteiger partial charge on any atom is 0.106 e. The van der Waals surface area contributed by atoms with Crippen LogP contribution in [0.1, 0.15) is 23.3 Å². The van der Waals surface area contributed by atoms with Gasteiger partial charge >= 0.3 is 0 Å². The fraction of sp³-hybridized carbons (Fsp3) is 0.438. The van der Waals surface area contributed by atoms with E-state index in [-0.39, 0.29) is 5.60 Å². The van der Waals surface area contributed by atoms with Crippen LogP contribution in [0.15, 0.2) is 36.0 Å². The number of piperidine rings is 1. The highest BCUT2D eigenvalue weighted by Gasteiger charge is 2.41. The van der Waals surface area contributed by atoms with Crippen LogP contribution in [0.2, 0.25) is 0 Å². The molecule has 2 aliphatic heterocycles. The van der Waals surface area contributed by atoms with E-state index in [2.05, 4.69) is 33.5 Å². The first-order valence-electron chi connectivity index (χ1n) is 7.23. The Kier molecular flexibility index (Phi) is 3.00. The molecule has 0 amide bonds. The summed E-state index contributed by atoms with van der Waals surface area (Å²) < 4.78 is 6.25. The number of ether oxygens (including phenoxy) is 1. The van der Waals surface area contributed by atoms with Crippen LogP contribution in [0.25, 0.3) is 0 Å². The van der Waals surface area contributed by atoms with E-state index in [1.807, 2.05) is 23.7 Å². The van der Waals surface area contributed by atoms with Crippen LogP contribution in [0.4, 0.5) is 5.69 Å². The standard InChI is InChI=1S/C16H18N2OS/c1-7-17-8-2-14(1)18-9-5-16(6-10-18)15-13(3-11-19-16)4-12-20-15/h1-2,4,7-8,12H,3,5-6,9-11H2. The summed E-state index contributed by atoms with van der Waals surface area (Å²) in [5, 5.41) is 2.22. The normalized spacial score (nSPS) is 20.9. The van der Waals surface area contributed by atoms with E-state index in [4.69, 9.17) is 4.74 Å². The Balaban J connectivity index is 1.56. The van der Waals surface area contributed by atoms with Gasteiger partial charge in [0.1, 0.15) is 5.60 Å². The van der Waals surface area contributed by atoms with Crippen molar-refractivity contribution in [2.45, 2.75) is 24.9 Å². The molecule has 2 aromatic heterocycles. The van der Waals surface area contributed by atoms with Crippen molar-refractivity contribution in [3.05, 3.63) is 46.4 Å². The molecule has 4 rings (SSSR count). The molecule has 0 aromatic carbocycles. The molecule has 1 spiro atoms. The van der Waals surface area contributed by atoms with Crippen molar-refractivity contribution >= 4 is 17.0 Å². The molecule has 0 radical (unpaired) electrons. The molecular formula is C16H18N2OS. The third-order valence-electron chi connectivity index (χ3n) is 4.51. The molecule has 3 nitrogen and oxygen atoms in total. The third kappa shape index (κ3) is 1.95. The second-order valence-corrected chi connectivity index (χ2v) is 6.48. The van der Waals surface area contributed by atoms with Crippen LogP contribution < -0.4 is 4.90 Å². The molecule has 104 valence electrons. The number of anilines is 1. The Morgan fingerprint density at radius 1 is 1.15 bits per heavy atom. The molecule has 20 heavy (non-hydrogen) atoms. The minimum absolute atomic E-state index is 0.00865. The molecule has 0 unspecified atom stereocenters. The lowest BCUT2D eigenvalue weighted by Crippen LogP contribution is -2.46. The monoisotopic (exact) mass is 286 g/mol. The van der Waals surface area contributed by atoms with Crippen LogP contribution in [-0.4, -0.2) is 24.7 Å². The van der Waals surface area contributed by atoms with E-state index in [0.717, 1.165) is 39.0 Å². The molecule has 0 N–H and O–H groups in total. The largest absolute Gasteiger partial charge is 0.371 e. The second-order valence-electron chi connectivity index (χ2n) is 5.56. The lowest BCUT2D eigenvalue weighted by molar-refractivity contribution is -0.0735. The maximum atomic E-state index is 6.25. The van der Waals surface area contributed by atoms with Crippen molar-refractivity contribution in [1.82, 2.24) is 4.98 Å². The minimum atomic E-state index is -0.00865. The topological polar surface area (TPSA) is 25.4 Å². The number of thiophene rings is 1. The zero-order valence-corrected chi connectivity index (χ0v) is 12.2. The predicted octanol–water partition coefficient (Wildman–Crippen LogP) is 3.21. The van der Waals surface area contributed by atoms with E-state index in [1.54, 1.807) is 0 Å². The summed E-state index contributed by atoms with van der Waals surface area (Å²) in [6, 6.07) is 6.46. The molecule has 4 heterocycles. The highest BCUT2D eigenvalue weighted by atomic mass is 32.1. The highest BCUT2D eigenvalue weighted by molar-refractivity contribution is 7.10. The van der Waals surface area contributed by atoms with Gasteiger partial charge in [0.25, 0.3) is 0 Å². The number of hydrogen-bond acceptors (Lipinski definition) is 4. The Morgan fingerprint density at radius 3 is 2.75 bits per heavy atom. The summed E-state index contributed by atoms with van der Waals surface area (Å²) in [6.07, 6.45) is 6.99.